The van der Waals surface area contributed by atoms with Gasteiger partial charge in [0.15, 0.2) is 0 Å². The average molecular weight is 399 g/mol. The Labute approximate surface area is 152 Å². The second kappa shape index (κ2) is 11.2. The van der Waals surface area contributed by atoms with Crippen LogP contribution in [0.15, 0.2) is 0 Å². The Morgan fingerprint density at radius 2 is 1.32 bits per heavy atom. The minimum absolute atomic E-state index is 0.0808. The van der Waals surface area contributed by atoms with Crippen molar-refractivity contribution >= 4 is 15.2 Å². The molecule has 0 heterocycles. The maximum Gasteiger partial charge on any atom is 0.359 e. The summed E-state index contributed by atoms with van der Waals surface area (Å²) in [6.07, 6.45) is 4.10. The van der Waals surface area contributed by atoms with Gasteiger partial charge >= 0.3 is 15.2 Å². The van der Waals surface area contributed by atoms with Crippen molar-refractivity contribution in [3.63, 3.8) is 0 Å². The van der Waals surface area contributed by atoms with Crippen molar-refractivity contribution in [3.8, 4) is 0 Å². The SMILES string of the molecule is CCOP(=O)(OCC)C(NC1CCCC(C)C1)P(=O)(OCC)OCC. The summed E-state index contributed by atoms with van der Waals surface area (Å²) < 4.78 is 48.8. The minimum atomic E-state index is -3.72. The van der Waals surface area contributed by atoms with Crippen LogP contribution in [0.2, 0.25) is 0 Å². The van der Waals surface area contributed by atoms with Crippen LogP contribution in [0, 0.1) is 5.92 Å². The molecule has 7 nitrogen and oxygen atoms in total. The van der Waals surface area contributed by atoms with Gasteiger partial charge in [-0.15, -0.1) is 0 Å². The third-order valence-electron chi connectivity index (χ3n) is 4.16. The van der Waals surface area contributed by atoms with Crippen LogP contribution in [-0.2, 0) is 27.2 Å². The Morgan fingerprint density at radius 1 is 0.880 bits per heavy atom. The van der Waals surface area contributed by atoms with Crippen LogP contribution >= 0.6 is 15.2 Å². The lowest BCUT2D eigenvalue weighted by molar-refractivity contribution is 0.182. The Balaban J connectivity index is 3.18. The zero-order valence-corrected chi connectivity index (χ0v) is 18.0. The van der Waals surface area contributed by atoms with Crippen LogP contribution < -0.4 is 5.32 Å². The lowest BCUT2D eigenvalue weighted by Gasteiger charge is -2.36. The highest BCUT2D eigenvalue weighted by molar-refractivity contribution is 7.72. The molecule has 1 aliphatic rings. The lowest BCUT2D eigenvalue weighted by atomic mass is 9.87. The number of hydrogen-bond donors (Lipinski definition) is 1. The van der Waals surface area contributed by atoms with Gasteiger partial charge in [-0.05, 0) is 46.5 Å². The predicted molar refractivity (Wildman–Crippen MR) is 100 cm³/mol. The quantitative estimate of drug-likeness (QED) is 0.464. The van der Waals surface area contributed by atoms with E-state index in [1.54, 1.807) is 27.7 Å². The van der Waals surface area contributed by atoms with Gasteiger partial charge in [0.1, 0.15) is 0 Å². The molecule has 1 fully saturated rings. The fourth-order valence-corrected chi connectivity index (χ4v) is 8.35. The molecular formula is C16H35NO6P2. The molecule has 0 aromatic rings. The van der Waals surface area contributed by atoms with Crippen molar-refractivity contribution < 1.29 is 27.2 Å². The second-order valence-corrected chi connectivity index (χ2v) is 10.9. The Kier molecular flexibility index (Phi) is 10.4. The van der Waals surface area contributed by atoms with Crippen LogP contribution in [0.5, 0.6) is 0 Å². The van der Waals surface area contributed by atoms with Crippen LogP contribution in [0.25, 0.3) is 0 Å². The molecule has 1 aliphatic carbocycles. The molecule has 0 radical (unpaired) electrons. The molecule has 9 heteroatoms. The summed E-state index contributed by atoms with van der Waals surface area (Å²) in [6.45, 7) is 9.89. The highest BCUT2D eigenvalue weighted by atomic mass is 31.2. The van der Waals surface area contributed by atoms with Gasteiger partial charge in [0, 0.05) is 6.04 Å². The maximum absolute atomic E-state index is 13.4. The van der Waals surface area contributed by atoms with Crippen molar-refractivity contribution in [1.29, 1.82) is 0 Å². The van der Waals surface area contributed by atoms with Crippen molar-refractivity contribution in [1.82, 2.24) is 5.32 Å². The van der Waals surface area contributed by atoms with Crippen molar-refractivity contribution in [3.05, 3.63) is 0 Å². The molecule has 25 heavy (non-hydrogen) atoms. The van der Waals surface area contributed by atoms with Gasteiger partial charge in [-0.3, -0.25) is 14.4 Å². The molecule has 0 amide bonds. The molecule has 0 aromatic heterocycles. The minimum Gasteiger partial charge on any atom is -0.307 e. The Bertz CT molecular complexity index is 426. The third-order valence-corrected chi connectivity index (χ3v) is 9.82. The summed E-state index contributed by atoms with van der Waals surface area (Å²) in [6, 6.07) is 0.0808. The highest BCUT2D eigenvalue weighted by Gasteiger charge is 2.51. The third kappa shape index (κ3) is 6.73. The first-order chi connectivity index (χ1) is 11.8. The summed E-state index contributed by atoms with van der Waals surface area (Å²) in [5.41, 5.74) is -1.12. The molecule has 2 atom stereocenters. The first-order valence-corrected chi connectivity index (χ1v) is 12.6. The smallest absolute Gasteiger partial charge is 0.307 e. The lowest BCUT2D eigenvalue weighted by Crippen LogP contribution is -2.42. The molecule has 0 aliphatic heterocycles. The molecule has 0 saturated heterocycles. The van der Waals surface area contributed by atoms with E-state index in [9.17, 15) is 9.13 Å². The molecular weight excluding hydrogens is 364 g/mol. The van der Waals surface area contributed by atoms with Crippen LogP contribution in [0.3, 0.4) is 0 Å². The van der Waals surface area contributed by atoms with Gasteiger partial charge in [-0.2, -0.15) is 0 Å². The fourth-order valence-electron chi connectivity index (χ4n) is 3.23. The molecule has 1 rings (SSSR count). The molecule has 150 valence electrons. The maximum atomic E-state index is 13.4. The monoisotopic (exact) mass is 399 g/mol. The van der Waals surface area contributed by atoms with Crippen LogP contribution in [0.4, 0.5) is 0 Å². The normalized spacial score (nSPS) is 22.5. The zero-order chi connectivity index (χ0) is 18.9. The summed E-state index contributed by atoms with van der Waals surface area (Å²) in [4.78, 5) is 0. The summed E-state index contributed by atoms with van der Waals surface area (Å²) >= 11 is 0. The first-order valence-electron chi connectivity index (χ1n) is 9.38. The summed E-state index contributed by atoms with van der Waals surface area (Å²) in [5, 5.41) is 3.28. The van der Waals surface area contributed by atoms with E-state index in [0.29, 0.717) is 5.92 Å². The van der Waals surface area contributed by atoms with E-state index in [-0.39, 0.29) is 32.5 Å². The van der Waals surface area contributed by atoms with Gasteiger partial charge in [0.05, 0.1) is 26.4 Å². The number of nitrogens with one attached hydrogen (secondary N) is 1. The van der Waals surface area contributed by atoms with Gasteiger partial charge in [0.2, 0.25) is 5.52 Å². The molecule has 1 N–H and O–H groups in total. The van der Waals surface area contributed by atoms with E-state index in [1.165, 1.54) is 6.42 Å². The van der Waals surface area contributed by atoms with Crippen LogP contribution in [0.1, 0.15) is 60.3 Å². The van der Waals surface area contributed by atoms with E-state index in [4.69, 9.17) is 18.1 Å². The predicted octanol–water partition coefficient (Wildman–Crippen LogP) is 4.97. The fraction of sp³-hybridized carbons (Fsp3) is 1.00. The number of rotatable bonds is 12. The summed E-state index contributed by atoms with van der Waals surface area (Å²) in [7, 11) is -7.44. The van der Waals surface area contributed by atoms with Gasteiger partial charge in [-0.25, -0.2) is 0 Å². The van der Waals surface area contributed by atoms with Crippen LogP contribution in [-0.4, -0.2) is 38.0 Å². The van der Waals surface area contributed by atoms with Gasteiger partial charge in [0.25, 0.3) is 0 Å². The Hall–Kier alpha value is 0.260. The molecule has 0 spiro atoms. The van der Waals surface area contributed by atoms with E-state index in [2.05, 4.69) is 12.2 Å². The molecule has 0 aromatic carbocycles. The van der Waals surface area contributed by atoms with Crippen molar-refractivity contribution in [2.75, 3.05) is 26.4 Å². The molecule has 2 unspecified atom stereocenters. The standard InChI is InChI=1S/C16H35NO6P2/c1-6-20-24(18,21-7-2)16(25(19,22-8-3)23-9-4)17-15-12-10-11-14(5)13-15/h14-17H,6-13H2,1-5H3. The van der Waals surface area contributed by atoms with Gasteiger partial charge < -0.3 is 18.1 Å². The average Bonchev–Trinajstić information content (AvgIpc) is 2.53. The highest BCUT2D eigenvalue weighted by Crippen LogP contribution is 2.69. The molecule has 1 saturated carbocycles. The zero-order valence-electron chi connectivity index (χ0n) is 16.2. The van der Waals surface area contributed by atoms with E-state index >= 15 is 0 Å². The van der Waals surface area contributed by atoms with E-state index in [1.807, 2.05) is 0 Å². The van der Waals surface area contributed by atoms with Crippen molar-refractivity contribution in [2.45, 2.75) is 71.9 Å². The topological polar surface area (TPSA) is 83.1 Å². The largest absolute Gasteiger partial charge is 0.359 e. The first kappa shape index (κ1) is 23.3. The van der Waals surface area contributed by atoms with E-state index in [0.717, 1.165) is 19.3 Å². The molecule has 0 bridgehead atoms. The van der Waals surface area contributed by atoms with Crippen molar-refractivity contribution in [2.24, 2.45) is 5.92 Å². The summed E-state index contributed by atoms with van der Waals surface area (Å²) in [5.74, 6) is 0.559. The number of hydrogen-bond acceptors (Lipinski definition) is 7. The second-order valence-electron chi connectivity index (χ2n) is 6.26. The van der Waals surface area contributed by atoms with Gasteiger partial charge in [-0.1, -0.05) is 19.8 Å². The Morgan fingerprint density at radius 3 is 1.68 bits per heavy atom. The van der Waals surface area contributed by atoms with E-state index < -0.39 is 20.7 Å².